The summed E-state index contributed by atoms with van der Waals surface area (Å²) < 4.78 is 0. The minimum absolute atomic E-state index is 0.361. The molecule has 1 saturated heterocycles. The molecule has 1 aliphatic heterocycles. The van der Waals surface area contributed by atoms with Gasteiger partial charge in [-0.15, -0.1) is 0 Å². The number of nitrogens with zero attached hydrogens (tertiary/aromatic N) is 1. The van der Waals surface area contributed by atoms with Crippen LogP contribution in [0.25, 0.3) is 0 Å². The second kappa shape index (κ2) is 3.21. The van der Waals surface area contributed by atoms with Crippen LogP contribution in [0, 0.1) is 5.41 Å². The zero-order valence-corrected chi connectivity index (χ0v) is 9.84. The molecule has 2 rings (SSSR count). The Balaban J connectivity index is 2.07. The third-order valence-electron chi connectivity index (χ3n) is 4.16. The highest BCUT2D eigenvalue weighted by Gasteiger charge is 2.53. The highest BCUT2D eigenvalue weighted by atomic mass is 15.3. The molecule has 1 aliphatic carbocycles. The van der Waals surface area contributed by atoms with Crippen LogP contribution in [0.1, 0.15) is 46.5 Å². The van der Waals surface area contributed by atoms with Gasteiger partial charge in [0.1, 0.15) is 0 Å². The predicted molar refractivity (Wildman–Crippen MR) is 60.2 cm³/mol. The summed E-state index contributed by atoms with van der Waals surface area (Å²) in [6, 6.07) is 0.759. The number of hydrogen-bond acceptors (Lipinski definition) is 2. The van der Waals surface area contributed by atoms with E-state index in [4.69, 9.17) is 5.73 Å². The highest BCUT2D eigenvalue weighted by molar-refractivity contribution is 5.09. The second-order valence-electron chi connectivity index (χ2n) is 6.13. The van der Waals surface area contributed by atoms with Crippen molar-refractivity contribution in [2.45, 2.75) is 58.0 Å². The predicted octanol–water partition coefficient (Wildman–Crippen LogP) is 1.99. The van der Waals surface area contributed by atoms with E-state index < -0.39 is 0 Å². The molecule has 1 unspecified atom stereocenters. The van der Waals surface area contributed by atoms with Gasteiger partial charge in [0.05, 0.1) is 0 Å². The van der Waals surface area contributed by atoms with Gasteiger partial charge < -0.3 is 5.73 Å². The molecule has 2 nitrogen and oxygen atoms in total. The summed E-state index contributed by atoms with van der Waals surface area (Å²) in [6.45, 7) is 9.20. The molecule has 82 valence electrons. The molecule has 0 aromatic rings. The SMILES string of the molecule is CC1CCCN1C1(CN)CC(C)(C)C1. The van der Waals surface area contributed by atoms with Gasteiger partial charge in [0.15, 0.2) is 0 Å². The van der Waals surface area contributed by atoms with Crippen LogP contribution < -0.4 is 5.73 Å². The van der Waals surface area contributed by atoms with Crippen molar-refractivity contribution in [1.29, 1.82) is 0 Å². The molecule has 0 bridgehead atoms. The maximum absolute atomic E-state index is 5.99. The van der Waals surface area contributed by atoms with Gasteiger partial charge in [-0.2, -0.15) is 0 Å². The summed E-state index contributed by atoms with van der Waals surface area (Å²) >= 11 is 0. The van der Waals surface area contributed by atoms with Gasteiger partial charge in [-0.05, 0) is 44.6 Å². The topological polar surface area (TPSA) is 29.3 Å². The molecule has 1 heterocycles. The van der Waals surface area contributed by atoms with Gasteiger partial charge in [0.2, 0.25) is 0 Å². The van der Waals surface area contributed by atoms with Crippen LogP contribution in [0.3, 0.4) is 0 Å². The van der Waals surface area contributed by atoms with Gasteiger partial charge in [0, 0.05) is 18.1 Å². The van der Waals surface area contributed by atoms with E-state index in [1.54, 1.807) is 0 Å². The Morgan fingerprint density at radius 3 is 2.36 bits per heavy atom. The Morgan fingerprint density at radius 1 is 1.36 bits per heavy atom. The quantitative estimate of drug-likeness (QED) is 0.732. The fourth-order valence-corrected chi connectivity index (χ4v) is 3.83. The molecule has 2 heteroatoms. The molecule has 2 N–H and O–H groups in total. The van der Waals surface area contributed by atoms with Crippen LogP contribution in [0.5, 0.6) is 0 Å². The normalized spacial score (nSPS) is 35.6. The lowest BCUT2D eigenvalue weighted by Crippen LogP contribution is -2.65. The zero-order valence-electron chi connectivity index (χ0n) is 9.84. The van der Waals surface area contributed by atoms with E-state index in [-0.39, 0.29) is 0 Å². The molecule has 0 spiro atoms. The molecular formula is C12H24N2. The standard InChI is InChI=1S/C12H24N2/c1-10-5-4-6-14(10)12(9-13)7-11(2,3)8-12/h10H,4-9,13H2,1-3H3. The van der Waals surface area contributed by atoms with Gasteiger partial charge in [0.25, 0.3) is 0 Å². The third-order valence-corrected chi connectivity index (χ3v) is 4.16. The third kappa shape index (κ3) is 1.49. The van der Waals surface area contributed by atoms with Crippen LogP contribution in [0.4, 0.5) is 0 Å². The fraction of sp³-hybridized carbons (Fsp3) is 1.00. The van der Waals surface area contributed by atoms with E-state index in [9.17, 15) is 0 Å². The van der Waals surface area contributed by atoms with Crippen LogP contribution in [-0.2, 0) is 0 Å². The maximum Gasteiger partial charge on any atom is 0.0344 e. The van der Waals surface area contributed by atoms with Crippen molar-refractivity contribution in [1.82, 2.24) is 4.90 Å². The van der Waals surface area contributed by atoms with Crippen molar-refractivity contribution in [3.8, 4) is 0 Å². The first kappa shape index (κ1) is 10.4. The van der Waals surface area contributed by atoms with Crippen LogP contribution in [0.15, 0.2) is 0 Å². The molecular weight excluding hydrogens is 172 g/mol. The van der Waals surface area contributed by atoms with Gasteiger partial charge in [-0.3, -0.25) is 4.90 Å². The number of hydrogen-bond donors (Lipinski definition) is 1. The lowest BCUT2D eigenvalue weighted by molar-refractivity contribution is -0.0654. The average Bonchev–Trinajstić information content (AvgIpc) is 2.46. The summed E-state index contributed by atoms with van der Waals surface area (Å²) in [4.78, 5) is 2.68. The highest BCUT2D eigenvalue weighted by Crippen LogP contribution is 2.52. The van der Waals surface area contributed by atoms with E-state index in [1.165, 1.54) is 32.2 Å². The first-order chi connectivity index (χ1) is 6.49. The minimum atomic E-state index is 0.361. The van der Waals surface area contributed by atoms with Gasteiger partial charge in [-0.25, -0.2) is 0 Å². The molecule has 0 aromatic heterocycles. The molecule has 1 atom stereocenters. The Hall–Kier alpha value is -0.0800. The van der Waals surface area contributed by atoms with Crippen LogP contribution >= 0.6 is 0 Å². The molecule has 1 saturated carbocycles. The average molecular weight is 196 g/mol. The van der Waals surface area contributed by atoms with Crippen molar-refractivity contribution in [3.05, 3.63) is 0 Å². The summed E-state index contributed by atoms with van der Waals surface area (Å²) in [5.41, 5.74) is 6.88. The monoisotopic (exact) mass is 196 g/mol. The molecule has 0 amide bonds. The Labute approximate surface area is 87.8 Å². The van der Waals surface area contributed by atoms with E-state index in [2.05, 4.69) is 25.7 Å². The van der Waals surface area contributed by atoms with E-state index in [0.717, 1.165) is 12.6 Å². The van der Waals surface area contributed by atoms with E-state index in [0.29, 0.717) is 11.0 Å². The fourth-order valence-electron chi connectivity index (χ4n) is 3.83. The van der Waals surface area contributed by atoms with Crippen LogP contribution in [0.2, 0.25) is 0 Å². The Bertz CT molecular complexity index is 214. The van der Waals surface area contributed by atoms with Crippen molar-refractivity contribution < 1.29 is 0 Å². The minimum Gasteiger partial charge on any atom is -0.329 e. The number of nitrogens with two attached hydrogens (primary N) is 1. The molecule has 2 fully saturated rings. The molecule has 0 radical (unpaired) electrons. The Morgan fingerprint density at radius 2 is 2.00 bits per heavy atom. The van der Waals surface area contributed by atoms with Crippen LogP contribution in [-0.4, -0.2) is 29.6 Å². The number of likely N-dealkylation sites (tertiary alicyclic amines) is 1. The first-order valence-electron chi connectivity index (χ1n) is 5.96. The van der Waals surface area contributed by atoms with E-state index in [1.807, 2.05) is 0 Å². The molecule has 14 heavy (non-hydrogen) atoms. The summed E-state index contributed by atoms with van der Waals surface area (Å²) in [5.74, 6) is 0. The second-order valence-corrected chi connectivity index (χ2v) is 6.13. The maximum atomic E-state index is 5.99. The lowest BCUT2D eigenvalue weighted by Gasteiger charge is -2.58. The van der Waals surface area contributed by atoms with Crippen molar-refractivity contribution >= 4 is 0 Å². The Kier molecular flexibility index (Phi) is 2.39. The van der Waals surface area contributed by atoms with Gasteiger partial charge in [-0.1, -0.05) is 13.8 Å². The summed E-state index contributed by atoms with van der Waals surface area (Å²) in [7, 11) is 0. The van der Waals surface area contributed by atoms with Crippen molar-refractivity contribution in [3.63, 3.8) is 0 Å². The molecule has 2 aliphatic rings. The summed E-state index contributed by atoms with van der Waals surface area (Å²) in [6.07, 6.45) is 5.31. The van der Waals surface area contributed by atoms with E-state index >= 15 is 0 Å². The van der Waals surface area contributed by atoms with Crippen molar-refractivity contribution in [2.75, 3.05) is 13.1 Å². The summed E-state index contributed by atoms with van der Waals surface area (Å²) in [5, 5.41) is 0. The lowest BCUT2D eigenvalue weighted by atomic mass is 9.58. The number of rotatable bonds is 2. The van der Waals surface area contributed by atoms with Gasteiger partial charge >= 0.3 is 0 Å². The molecule has 0 aromatic carbocycles. The van der Waals surface area contributed by atoms with Crippen molar-refractivity contribution in [2.24, 2.45) is 11.1 Å². The zero-order chi connectivity index (χ0) is 10.4. The largest absolute Gasteiger partial charge is 0.329 e. The first-order valence-corrected chi connectivity index (χ1v) is 5.96. The smallest absolute Gasteiger partial charge is 0.0344 e.